The molecule has 1 fully saturated rings. The molecule has 1 aliphatic rings. The third-order valence-electron chi connectivity index (χ3n) is 4.24. The van der Waals surface area contributed by atoms with Crippen LogP contribution in [0.25, 0.3) is 0 Å². The van der Waals surface area contributed by atoms with Crippen molar-refractivity contribution in [2.24, 2.45) is 0 Å². The van der Waals surface area contributed by atoms with Crippen LogP contribution >= 0.6 is 27.5 Å². The summed E-state index contributed by atoms with van der Waals surface area (Å²) in [5, 5.41) is 14.6. The van der Waals surface area contributed by atoms with E-state index < -0.39 is 17.5 Å². The van der Waals surface area contributed by atoms with Crippen LogP contribution in [0.3, 0.4) is 0 Å². The van der Waals surface area contributed by atoms with Crippen molar-refractivity contribution >= 4 is 51.3 Å². The van der Waals surface area contributed by atoms with Crippen LogP contribution in [0.5, 0.6) is 5.88 Å². The van der Waals surface area contributed by atoms with Gasteiger partial charge in [0.25, 0.3) is 11.8 Å². The number of H-pyrrole nitrogens is 1. The molecule has 1 aromatic heterocycles. The quantitative estimate of drug-likeness (QED) is 0.547. The molecule has 1 aliphatic heterocycles. The zero-order valence-corrected chi connectivity index (χ0v) is 17.1. The number of nitrogens with zero attached hydrogens (tertiary/aromatic N) is 1. The van der Waals surface area contributed by atoms with E-state index in [1.807, 2.05) is 0 Å². The third-order valence-corrected chi connectivity index (χ3v) is 5.31. The maximum Gasteiger partial charge on any atom is 0.414 e. The lowest BCUT2D eigenvalue weighted by Gasteiger charge is -2.32. The summed E-state index contributed by atoms with van der Waals surface area (Å²) in [6.45, 7) is 2.20. The number of rotatable bonds is 4. The van der Waals surface area contributed by atoms with Crippen molar-refractivity contribution in [2.75, 3.05) is 11.9 Å². The second-order valence-corrected chi connectivity index (χ2v) is 7.56. The standard InChI is InChI=1S/C17H17BrClN5O4/c1-17(7-4-8-20-15(17)26)22-16(27)28-14-11(18)12(23-24-14)21-13(25)9-5-2-3-6-10(9)19/h2-3,5-6H,4,7-8H2,1H3,(H,20,26)(H,22,27)(H2,21,23,24,25). The first-order valence-corrected chi connectivity index (χ1v) is 9.55. The number of halogens is 2. The molecule has 2 heterocycles. The molecule has 28 heavy (non-hydrogen) atoms. The molecule has 148 valence electrons. The van der Waals surface area contributed by atoms with Crippen LogP contribution in [0.15, 0.2) is 28.7 Å². The highest BCUT2D eigenvalue weighted by atomic mass is 79.9. The van der Waals surface area contributed by atoms with Crippen LogP contribution < -0.4 is 20.7 Å². The van der Waals surface area contributed by atoms with Crippen molar-refractivity contribution in [3.8, 4) is 5.88 Å². The molecule has 3 rings (SSSR count). The van der Waals surface area contributed by atoms with Crippen molar-refractivity contribution in [2.45, 2.75) is 25.3 Å². The van der Waals surface area contributed by atoms with Gasteiger partial charge in [0.05, 0.1) is 10.6 Å². The number of piperidine rings is 1. The van der Waals surface area contributed by atoms with Gasteiger partial charge in [-0.25, -0.2) is 4.79 Å². The van der Waals surface area contributed by atoms with Crippen LogP contribution in [-0.4, -0.2) is 40.2 Å². The summed E-state index contributed by atoms with van der Waals surface area (Å²) in [5.41, 5.74) is -0.777. The van der Waals surface area contributed by atoms with Crippen molar-refractivity contribution in [1.82, 2.24) is 20.8 Å². The summed E-state index contributed by atoms with van der Waals surface area (Å²) in [6, 6.07) is 6.56. The number of aromatic amines is 1. The number of nitrogens with one attached hydrogen (secondary N) is 4. The number of amides is 3. The molecule has 2 aromatic rings. The molecule has 9 nitrogen and oxygen atoms in total. The number of aromatic nitrogens is 2. The van der Waals surface area contributed by atoms with E-state index in [-0.39, 0.29) is 27.6 Å². The average molecular weight is 471 g/mol. The summed E-state index contributed by atoms with van der Waals surface area (Å²) in [7, 11) is 0. The van der Waals surface area contributed by atoms with Gasteiger partial charge >= 0.3 is 6.09 Å². The van der Waals surface area contributed by atoms with E-state index in [9.17, 15) is 14.4 Å². The predicted molar refractivity (Wildman–Crippen MR) is 106 cm³/mol. The molecule has 3 amide bonds. The number of benzene rings is 1. The highest BCUT2D eigenvalue weighted by molar-refractivity contribution is 9.10. The summed E-state index contributed by atoms with van der Waals surface area (Å²) in [5.74, 6) is -0.636. The van der Waals surface area contributed by atoms with E-state index >= 15 is 0 Å². The lowest BCUT2D eigenvalue weighted by molar-refractivity contribution is -0.128. The number of carbonyl (C=O) groups is 3. The molecule has 4 N–H and O–H groups in total. The maximum atomic E-state index is 12.3. The van der Waals surface area contributed by atoms with Gasteiger partial charge in [-0.3, -0.25) is 14.7 Å². The summed E-state index contributed by atoms with van der Waals surface area (Å²) < 4.78 is 5.39. The molecule has 0 bridgehead atoms. The first-order valence-electron chi connectivity index (χ1n) is 8.38. The molecule has 1 unspecified atom stereocenters. The Balaban J connectivity index is 1.66. The van der Waals surface area contributed by atoms with E-state index in [2.05, 4.69) is 42.1 Å². The Bertz CT molecular complexity index is 934. The molecule has 0 radical (unpaired) electrons. The van der Waals surface area contributed by atoms with E-state index in [0.717, 1.165) is 6.42 Å². The fourth-order valence-electron chi connectivity index (χ4n) is 2.70. The lowest BCUT2D eigenvalue weighted by Crippen LogP contribution is -2.60. The van der Waals surface area contributed by atoms with E-state index in [1.54, 1.807) is 31.2 Å². The number of hydrogen-bond acceptors (Lipinski definition) is 5. The Morgan fingerprint density at radius 1 is 1.36 bits per heavy atom. The van der Waals surface area contributed by atoms with Gasteiger partial charge in [0, 0.05) is 6.54 Å². The Morgan fingerprint density at radius 3 is 2.82 bits per heavy atom. The molecule has 1 atom stereocenters. The monoisotopic (exact) mass is 469 g/mol. The Kier molecular flexibility index (Phi) is 5.90. The van der Waals surface area contributed by atoms with E-state index in [1.165, 1.54) is 0 Å². The zero-order valence-electron chi connectivity index (χ0n) is 14.8. The summed E-state index contributed by atoms with van der Waals surface area (Å²) in [4.78, 5) is 36.5. The highest BCUT2D eigenvalue weighted by Crippen LogP contribution is 2.31. The van der Waals surface area contributed by atoms with Crippen molar-refractivity contribution in [1.29, 1.82) is 0 Å². The molecular formula is C17H17BrClN5O4. The summed E-state index contributed by atoms with van der Waals surface area (Å²) >= 11 is 9.23. The van der Waals surface area contributed by atoms with Gasteiger partial charge < -0.3 is 20.7 Å². The Labute approximate surface area is 173 Å². The normalized spacial score (nSPS) is 18.9. The van der Waals surface area contributed by atoms with Crippen LogP contribution in [0.4, 0.5) is 10.6 Å². The minimum Gasteiger partial charge on any atom is -0.388 e. The zero-order chi connectivity index (χ0) is 20.3. The van der Waals surface area contributed by atoms with Crippen molar-refractivity contribution < 1.29 is 19.1 Å². The number of hydrogen-bond donors (Lipinski definition) is 4. The summed E-state index contributed by atoms with van der Waals surface area (Å²) in [6.07, 6.45) is 0.400. The fraction of sp³-hybridized carbons (Fsp3) is 0.294. The molecular weight excluding hydrogens is 454 g/mol. The lowest BCUT2D eigenvalue weighted by atomic mass is 9.92. The van der Waals surface area contributed by atoms with Gasteiger partial charge in [-0.05, 0) is 47.8 Å². The first-order chi connectivity index (χ1) is 13.3. The van der Waals surface area contributed by atoms with Gasteiger partial charge in [0.1, 0.15) is 15.8 Å². The van der Waals surface area contributed by atoms with Crippen LogP contribution in [0.1, 0.15) is 30.1 Å². The minimum absolute atomic E-state index is 0.0909. The smallest absolute Gasteiger partial charge is 0.388 e. The van der Waals surface area contributed by atoms with Gasteiger partial charge in [0.15, 0.2) is 0 Å². The molecule has 1 saturated heterocycles. The SMILES string of the molecule is CC1(NC(=O)Oc2n[nH]c(NC(=O)c3ccccc3Cl)c2Br)CCCNC1=O. The van der Waals surface area contributed by atoms with Gasteiger partial charge in [-0.1, -0.05) is 23.7 Å². The molecule has 0 saturated carbocycles. The van der Waals surface area contributed by atoms with Crippen molar-refractivity contribution in [3.63, 3.8) is 0 Å². The van der Waals surface area contributed by atoms with Crippen LogP contribution in [-0.2, 0) is 4.79 Å². The molecule has 0 aliphatic carbocycles. The minimum atomic E-state index is -1.06. The van der Waals surface area contributed by atoms with E-state index in [0.29, 0.717) is 18.0 Å². The molecule has 1 aromatic carbocycles. The molecule has 11 heteroatoms. The average Bonchev–Trinajstić information content (AvgIpc) is 2.98. The number of ether oxygens (including phenoxy) is 1. The third kappa shape index (κ3) is 4.28. The Hall–Kier alpha value is -2.59. The highest BCUT2D eigenvalue weighted by Gasteiger charge is 2.37. The van der Waals surface area contributed by atoms with Gasteiger partial charge in [-0.2, -0.15) is 0 Å². The maximum absolute atomic E-state index is 12.3. The first kappa shape index (κ1) is 20.2. The number of carbonyl (C=O) groups excluding carboxylic acids is 3. The Morgan fingerprint density at radius 2 is 2.11 bits per heavy atom. The second-order valence-electron chi connectivity index (χ2n) is 6.36. The van der Waals surface area contributed by atoms with Crippen LogP contribution in [0.2, 0.25) is 5.02 Å². The largest absolute Gasteiger partial charge is 0.414 e. The number of anilines is 1. The van der Waals surface area contributed by atoms with Crippen molar-refractivity contribution in [3.05, 3.63) is 39.3 Å². The van der Waals surface area contributed by atoms with Crippen LogP contribution in [0, 0.1) is 0 Å². The topological polar surface area (TPSA) is 125 Å². The fourth-order valence-corrected chi connectivity index (χ4v) is 3.28. The molecule has 0 spiro atoms. The van der Waals surface area contributed by atoms with Gasteiger partial charge in [0.2, 0.25) is 5.91 Å². The van der Waals surface area contributed by atoms with Gasteiger partial charge in [-0.15, -0.1) is 5.10 Å². The predicted octanol–water partition coefficient (Wildman–Crippen LogP) is 2.84. The second kappa shape index (κ2) is 8.19. The van der Waals surface area contributed by atoms with E-state index in [4.69, 9.17) is 16.3 Å².